The topological polar surface area (TPSA) is 45.1 Å². The van der Waals surface area contributed by atoms with E-state index in [4.69, 9.17) is 4.42 Å². The van der Waals surface area contributed by atoms with Gasteiger partial charge in [-0.1, -0.05) is 111 Å². The van der Waals surface area contributed by atoms with E-state index in [0.29, 0.717) is 5.56 Å². The van der Waals surface area contributed by atoms with Gasteiger partial charge in [0.1, 0.15) is 5.58 Å². The van der Waals surface area contributed by atoms with Crippen molar-refractivity contribution in [1.82, 2.24) is 4.57 Å². The van der Waals surface area contributed by atoms with Gasteiger partial charge in [-0.3, -0.25) is 0 Å². The van der Waals surface area contributed by atoms with Crippen LogP contribution in [-0.2, 0) is 12.5 Å². The average Bonchev–Trinajstić information content (AvgIpc) is 3.83. The molecule has 4 nitrogen and oxygen atoms in total. The molecule has 0 radical (unpaired) electrons. The van der Waals surface area contributed by atoms with E-state index in [1.165, 1.54) is 60.4 Å². The van der Waals surface area contributed by atoms with Crippen LogP contribution < -0.4 is 4.90 Å². The van der Waals surface area contributed by atoms with E-state index in [9.17, 15) is 5.26 Å². The van der Waals surface area contributed by atoms with Gasteiger partial charge in [-0.05, 0) is 105 Å². The molecule has 8 aromatic carbocycles. The molecule has 0 saturated heterocycles. The van der Waals surface area contributed by atoms with Crippen molar-refractivity contribution in [3.05, 3.63) is 174 Å². The van der Waals surface area contributed by atoms with Gasteiger partial charge >= 0.3 is 0 Å². The lowest BCUT2D eigenvalue weighted by atomic mass is 9.80. The number of nitrogens with zero attached hydrogens (tertiary/aromatic N) is 3. The molecular formula is C51H35N3O. The summed E-state index contributed by atoms with van der Waals surface area (Å²) in [7, 11) is 2.16. The highest BCUT2D eigenvalue weighted by molar-refractivity contribution is 6.13. The average molecular weight is 706 g/mol. The van der Waals surface area contributed by atoms with Crippen molar-refractivity contribution in [1.29, 1.82) is 5.26 Å². The summed E-state index contributed by atoms with van der Waals surface area (Å²) in [6, 6.07) is 58.6. The third-order valence-electron chi connectivity index (χ3n) is 12.0. The maximum Gasteiger partial charge on any atom is 0.159 e. The Hall–Kier alpha value is -7.09. The van der Waals surface area contributed by atoms with Crippen molar-refractivity contribution in [3.63, 3.8) is 0 Å². The number of aryl methyl sites for hydroxylation is 1. The van der Waals surface area contributed by atoms with Crippen LogP contribution in [0, 0.1) is 11.3 Å². The molecule has 1 aliphatic carbocycles. The van der Waals surface area contributed by atoms with Crippen molar-refractivity contribution < 1.29 is 4.42 Å². The quantitative estimate of drug-likeness (QED) is 0.183. The monoisotopic (exact) mass is 705 g/mol. The first-order valence-corrected chi connectivity index (χ1v) is 18.8. The molecule has 0 saturated carbocycles. The number of nitriles is 1. The summed E-state index contributed by atoms with van der Waals surface area (Å²) in [6.45, 7) is 4.70. The van der Waals surface area contributed by atoms with Crippen molar-refractivity contribution in [2.24, 2.45) is 7.05 Å². The van der Waals surface area contributed by atoms with E-state index in [-0.39, 0.29) is 5.41 Å². The van der Waals surface area contributed by atoms with E-state index < -0.39 is 0 Å². The summed E-state index contributed by atoms with van der Waals surface area (Å²) in [5, 5.41) is 16.6. The number of furan rings is 1. The highest BCUT2D eigenvalue weighted by atomic mass is 16.3. The minimum absolute atomic E-state index is 0.289. The van der Waals surface area contributed by atoms with Gasteiger partial charge in [0.15, 0.2) is 5.58 Å². The number of para-hydroxylation sites is 3. The smallest absolute Gasteiger partial charge is 0.159 e. The summed E-state index contributed by atoms with van der Waals surface area (Å²) in [5.41, 5.74) is 15.1. The largest absolute Gasteiger partial charge is 0.454 e. The Labute approximate surface area is 318 Å². The standard InChI is InChI=1S/C51H35N3O/c1-51(2)43-27-33(24-26-41(43)49-39-14-5-4-11-35(39)42(29-44(49)51)32-21-19-31(30-52)20-22-32)54(46-17-10-15-40-38-13-7-9-18-48(38)55-50(40)46)34-23-25-37-36-12-6-8-16-45(36)53(3)47(37)28-34/h4-29H,1-3H3. The third kappa shape index (κ3) is 4.44. The van der Waals surface area contributed by atoms with Gasteiger partial charge in [0.05, 0.1) is 22.8 Å². The van der Waals surface area contributed by atoms with Gasteiger partial charge in [0.25, 0.3) is 0 Å². The fraction of sp³-hybridized carbons (Fsp3) is 0.0784. The van der Waals surface area contributed by atoms with Crippen molar-refractivity contribution in [2.75, 3.05) is 4.90 Å². The maximum absolute atomic E-state index is 9.49. The minimum Gasteiger partial charge on any atom is -0.454 e. The Morgan fingerprint density at radius 3 is 2.05 bits per heavy atom. The summed E-state index contributed by atoms with van der Waals surface area (Å²) < 4.78 is 9.00. The van der Waals surface area contributed by atoms with Crippen LogP contribution in [0.1, 0.15) is 30.5 Å². The number of hydrogen-bond donors (Lipinski definition) is 0. The first kappa shape index (κ1) is 31.4. The Kier molecular flexibility index (Phi) is 6.55. The molecule has 260 valence electrons. The van der Waals surface area contributed by atoms with Crippen molar-refractivity contribution >= 4 is 71.6 Å². The molecule has 0 bridgehead atoms. The van der Waals surface area contributed by atoms with E-state index >= 15 is 0 Å². The lowest BCUT2D eigenvalue weighted by molar-refractivity contribution is 0.661. The van der Waals surface area contributed by atoms with Crippen molar-refractivity contribution in [2.45, 2.75) is 19.3 Å². The van der Waals surface area contributed by atoms with Gasteiger partial charge in [-0.15, -0.1) is 0 Å². The number of hydrogen-bond acceptors (Lipinski definition) is 3. The Morgan fingerprint density at radius 2 is 1.24 bits per heavy atom. The molecule has 10 aromatic rings. The second kappa shape index (κ2) is 11.5. The molecule has 0 N–H and O–H groups in total. The Balaban J connectivity index is 1.15. The molecule has 2 aromatic heterocycles. The Morgan fingerprint density at radius 1 is 0.564 bits per heavy atom. The molecule has 0 spiro atoms. The van der Waals surface area contributed by atoms with Crippen LogP contribution in [0.3, 0.4) is 0 Å². The summed E-state index contributed by atoms with van der Waals surface area (Å²) >= 11 is 0. The molecule has 11 rings (SSSR count). The summed E-state index contributed by atoms with van der Waals surface area (Å²) in [4.78, 5) is 2.38. The van der Waals surface area contributed by atoms with E-state index in [1.54, 1.807) is 0 Å². The van der Waals surface area contributed by atoms with E-state index in [0.717, 1.165) is 44.6 Å². The third-order valence-corrected chi connectivity index (χ3v) is 12.0. The second-order valence-electron chi connectivity index (χ2n) is 15.3. The van der Waals surface area contributed by atoms with E-state index in [2.05, 4.69) is 176 Å². The summed E-state index contributed by atoms with van der Waals surface area (Å²) in [6.07, 6.45) is 0. The first-order chi connectivity index (χ1) is 26.9. The maximum atomic E-state index is 9.49. The van der Waals surface area contributed by atoms with Crippen LogP contribution in [0.5, 0.6) is 0 Å². The molecule has 0 fully saturated rings. The second-order valence-corrected chi connectivity index (χ2v) is 15.3. The van der Waals surface area contributed by atoms with Crippen LogP contribution in [0.4, 0.5) is 17.1 Å². The normalized spacial score (nSPS) is 13.1. The molecular weight excluding hydrogens is 671 g/mol. The van der Waals surface area contributed by atoms with Gasteiger partial charge in [0, 0.05) is 50.9 Å². The zero-order valence-electron chi connectivity index (χ0n) is 30.8. The molecule has 0 amide bonds. The molecule has 0 unspecified atom stereocenters. The molecule has 55 heavy (non-hydrogen) atoms. The van der Waals surface area contributed by atoms with Gasteiger partial charge in [0.2, 0.25) is 0 Å². The van der Waals surface area contributed by atoms with Crippen LogP contribution in [0.15, 0.2) is 162 Å². The van der Waals surface area contributed by atoms with E-state index in [1.807, 2.05) is 18.2 Å². The SMILES string of the molecule is Cn1c2ccccc2c2ccc(N(c3ccc4c(c3)C(C)(C)c3cc(-c5ccc(C#N)cc5)c5ccccc5c3-4)c3cccc4c3oc3ccccc34)cc21. The van der Waals surface area contributed by atoms with Crippen LogP contribution in [0.25, 0.3) is 76.8 Å². The molecule has 0 atom stereocenters. The molecule has 0 aliphatic heterocycles. The summed E-state index contributed by atoms with van der Waals surface area (Å²) in [5.74, 6) is 0. The van der Waals surface area contributed by atoms with Gasteiger partial charge in [-0.25, -0.2) is 0 Å². The molecule has 1 aliphatic rings. The number of benzene rings is 8. The molecule has 4 heteroatoms. The lowest BCUT2D eigenvalue weighted by Gasteiger charge is -2.28. The predicted molar refractivity (Wildman–Crippen MR) is 228 cm³/mol. The van der Waals surface area contributed by atoms with Gasteiger partial charge in [-0.2, -0.15) is 5.26 Å². The Bertz CT molecular complexity index is 3260. The minimum atomic E-state index is -0.289. The molecule has 2 heterocycles. The van der Waals surface area contributed by atoms with Crippen LogP contribution in [0.2, 0.25) is 0 Å². The number of aromatic nitrogens is 1. The number of anilines is 3. The zero-order valence-corrected chi connectivity index (χ0v) is 30.8. The van der Waals surface area contributed by atoms with Gasteiger partial charge < -0.3 is 13.9 Å². The fourth-order valence-electron chi connectivity index (χ4n) is 9.30. The highest BCUT2D eigenvalue weighted by Crippen LogP contribution is 2.55. The number of fused-ring (bicyclic) bond motifs is 11. The fourth-order valence-corrected chi connectivity index (χ4v) is 9.30. The van der Waals surface area contributed by atoms with Crippen LogP contribution in [-0.4, -0.2) is 4.57 Å². The lowest BCUT2D eigenvalue weighted by Crippen LogP contribution is -2.17. The van der Waals surface area contributed by atoms with Crippen LogP contribution >= 0.6 is 0 Å². The predicted octanol–water partition coefficient (Wildman–Crippen LogP) is 13.7. The first-order valence-electron chi connectivity index (χ1n) is 18.8. The number of rotatable bonds is 4. The van der Waals surface area contributed by atoms with Crippen molar-refractivity contribution in [3.8, 4) is 28.3 Å². The zero-order chi connectivity index (χ0) is 37.0. The highest BCUT2D eigenvalue weighted by Gasteiger charge is 2.38.